The summed E-state index contributed by atoms with van der Waals surface area (Å²) in [6, 6.07) is 0. The van der Waals surface area contributed by atoms with Crippen molar-refractivity contribution in [3.63, 3.8) is 0 Å². The Morgan fingerprint density at radius 2 is 2.15 bits per heavy atom. The minimum atomic E-state index is -3.32. The van der Waals surface area contributed by atoms with Crippen LogP contribution >= 0.6 is 0 Å². The molecule has 0 rings (SSSR count). The summed E-state index contributed by atoms with van der Waals surface area (Å²) in [5.74, 6) is -1.07. The van der Waals surface area contributed by atoms with Crippen molar-refractivity contribution in [1.82, 2.24) is 4.72 Å². The van der Waals surface area contributed by atoms with E-state index in [1.54, 1.807) is 0 Å². The zero-order valence-electron chi connectivity index (χ0n) is 7.19. The number of allylic oxidation sites excluding steroid dienone is 1. The molecule has 0 spiro atoms. The van der Waals surface area contributed by atoms with Gasteiger partial charge in [-0.3, -0.25) is 4.79 Å². The van der Waals surface area contributed by atoms with Crippen LogP contribution in [0, 0.1) is 0 Å². The van der Waals surface area contributed by atoms with E-state index >= 15 is 0 Å². The van der Waals surface area contributed by atoms with Crippen LogP contribution in [-0.4, -0.2) is 31.8 Å². The van der Waals surface area contributed by atoms with Gasteiger partial charge in [0.1, 0.15) is 0 Å². The van der Waals surface area contributed by atoms with E-state index in [0.29, 0.717) is 6.42 Å². The zero-order valence-corrected chi connectivity index (χ0v) is 8.01. The molecular weight excluding hydrogens is 194 g/mol. The molecule has 5 nitrogen and oxygen atoms in total. The Labute approximate surface area is 77.5 Å². The van der Waals surface area contributed by atoms with E-state index in [2.05, 4.69) is 11.3 Å². The first kappa shape index (κ1) is 12.1. The fourth-order valence-corrected chi connectivity index (χ4v) is 1.66. The normalized spacial score (nSPS) is 11.1. The summed E-state index contributed by atoms with van der Waals surface area (Å²) in [5.41, 5.74) is 0. The molecule has 0 radical (unpaired) electrons. The standard InChI is InChI=1S/C7H13NO4S/c1-2-3-6-13(11,12)8-5-4-7(9)10/h2,8H,1,3-6H2,(H,9,10). The summed E-state index contributed by atoms with van der Waals surface area (Å²) in [4.78, 5) is 10.0. The molecule has 0 saturated heterocycles. The molecule has 0 aromatic rings. The van der Waals surface area contributed by atoms with Crippen LogP contribution in [0.15, 0.2) is 12.7 Å². The van der Waals surface area contributed by atoms with E-state index in [-0.39, 0.29) is 18.7 Å². The van der Waals surface area contributed by atoms with Crippen LogP contribution in [0.2, 0.25) is 0 Å². The first-order valence-corrected chi connectivity index (χ1v) is 5.43. The summed E-state index contributed by atoms with van der Waals surface area (Å²) in [6.07, 6.45) is 1.66. The lowest BCUT2D eigenvalue weighted by Gasteiger charge is -2.02. The van der Waals surface area contributed by atoms with Gasteiger partial charge in [-0.25, -0.2) is 13.1 Å². The van der Waals surface area contributed by atoms with E-state index in [1.165, 1.54) is 6.08 Å². The van der Waals surface area contributed by atoms with E-state index in [4.69, 9.17) is 5.11 Å². The Balaban J connectivity index is 3.76. The molecule has 0 amide bonds. The summed E-state index contributed by atoms with van der Waals surface area (Å²) in [5, 5.41) is 8.24. The van der Waals surface area contributed by atoms with Crippen LogP contribution in [0.5, 0.6) is 0 Å². The van der Waals surface area contributed by atoms with Crippen molar-refractivity contribution in [2.45, 2.75) is 12.8 Å². The predicted octanol–water partition coefficient (Wildman–Crippen LogP) is -0.0434. The topological polar surface area (TPSA) is 83.5 Å². The molecule has 0 aromatic heterocycles. The smallest absolute Gasteiger partial charge is 0.304 e. The van der Waals surface area contributed by atoms with Crippen molar-refractivity contribution in [3.05, 3.63) is 12.7 Å². The van der Waals surface area contributed by atoms with Crippen LogP contribution in [-0.2, 0) is 14.8 Å². The van der Waals surface area contributed by atoms with Gasteiger partial charge in [-0.05, 0) is 6.42 Å². The average molecular weight is 207 g/mol. The van der Waals surface area contributed by atoms with E-state index in [0.717, 1.165) is 0 Å². The maximum atomic E-state index is 11.0. The van der Waals surface area contributed by atoms with Gasteiger partial charge in [-0.1, -0.05) is 6.08 Å². The van der Waals surface area contributed by atoms with Crippen molar-refractivity contribution >= 4 is 16.0 Å². The molecule has 0 unspecified atom stereocenters. The van der Waals surface area contributed by atoms with Crippen LogP contribution in [0.3, 0.4) is 0 Å². The summed E-state index contributed by atoms with van der Waals surface area (Å²) < 4.78 is 24.2. The third kappa shape index (κ3) is 7.48. The number of carbonyl (C=O) groups is 1. The number of aliphatic carboxylic acids is 1. The molecule has 0 aliphatic carbocycles. The Hall–Kier alpha value is -0.880. The van der Waals surface area contributed by atoms with Gasteiger partial charge in [0.15, 0.2) is 0 Å². The fraction of sp³-hybridized carbons (Fsp3) is 0.571. The lowest BCUT2D eigenvalue weighted by atomic mass is 10.5. The molecule has 6 heteroatoms. The van der Waals surface area contributed by atoms with Crippen LogP contribution < -0.4 is 4.72 Å². The molecule has 0 aliphatic heterocycles. The second-order valence-corrected chi connectivity index (χ2v) is 4.36. The second kappa shape index (κ2) is 5.71. The number of hydrogen-bond donors (Lipinski definition) is 2. The van der Waals surface area contributed by atoms with Gasteiger partial charge in [0.25, 0.3) is 0 Å². The van der Waals surface area contributed by atoms with Crippen molar-refractivity contribution in [1.29, 1.82) is 0 Å². The van der Waals surface area contributed by atoms with Crippen LogP contribution in [0.1, 0.15) is 12.8 Å². The molecular formula is C7H13NO4S. The lowest BCUT2D eigenvalue weighted by Crippen LogP contribution is -2.28. The molecule has 76 valence electrons. The van der Waals surface area contributed by atoms with Crippen LogP contribution in [0.25, 0.3) is 0 Å². The highest BCUT2D eigenvalue weighted by atomic mass is 32.2. The number of carboxylic acids is 1. The van der Waals surface area contributed by atoms with E-state index in [1.807, 2.05) is 0 Å². The minimum absolute atomic E-state index is 0.0455. The third-order valence-electron chi connectivity index (χ3n) is 1.25. The van der Waals surface area contributed by atoms with Gasteiger partial charge in [0.05, 0.1) is 12.2 Å². The van der Waals surface area contributed by atoms with Crippen molar-refractivity contribution in [2.75, 3.05) is 12.3 Å². The van der Waals surface area contributed by atoms with Gasteiger partial charge in [-0.2, -0.15) is 0 Å². The summed E-state index contributed by atoms with van der Waals surface area (Å²) >= 11 is 0. The number of hydrogen-bond acceptors (Lipinski definition) is 3. The first-order valence-electron chi connectivity index (χ1n) is 3.78. The molecule has 0 bridgehead atoms. The third-order valence-corrected chi connectivity index (χ3v) is 2.67. The molecule has 0 fully saturated rings. The van der Waals surface area contributed by atoms with Gasteiger partial charge in [-0.15, -0.1) is 6.58 Å². The molecule has 0 heterocycles. The van der Waals surface area contributed by atoms with E-state index in [9.17, 15) is 13.2 Å². The number of nitrogens with one attached hydrogen (secondary N) is 1. The predicted molar refractivity (Wildman–Crippen MR) is 48.9 cm³/mol. The van der Waals surface area contributed by atoms with Crippen LogP contribution in [0.4, 0.5) is 0 Å². The highest BCUT2D eigenvalue weighted by Gasteiger charge is 2.08. The lowest BCUT2D eigenvalue weighted by molar-refractivity contribution is -0.136. The molecule has 0 aliphatic rings. The quantitative estimate of drug-likeness (QED) is 0.574. The van der Waals surface area contributed by atoms with E-state index < -0.39 is 16.0 Å². The molecule has 0 saturated carbocycles. The zero-order chi connectivity index (χ0) is 10.3. The van der Waals surface area contributed by atoms with Gasteiger partial charge in [0.2, 0.25) is 10.0 Å². The Kier molecular flexibility index (Phi) is 5.33. The van der Waals surface area contributed by atoms with Crippen molar-refractivity contribution in [2.24, 2.45) is 0 Å². The SMILES string of the molecule is C=CCCS(=O)(=O)NCCC(=O)O. The number of sulfonamides is 1. The average Bonchev–Trinajstić information content (AvgIpc) is 2.00. The minimum Gasteiger partial charge on any atom is -0.481 e. The highest BCUT2D eigenvalue weighted by Crippen LogP contribution is 1.90. The Morgan fingerprint density at radius 3 is 2.62 bits per heavy atom. The summed E-state index contributed by atoms with van der Waals surface area (Å²) in [6.45, 7) is 3.33. The molecule has 13 heavy (non-hydrogen) atoms. The van der Waals surface area contributed by atoms with Crippen molar-refractivity contribution in [3.8, 4) is 0 Å². The van der Waals surface area contributed by atoms with Gasteiger partial charge < -0.3 is 5.11 Å². The van der Waals surface area contributed by atoms with Gasteiger partial charge in [0, 0.05) is 6.54 Å². The van der Waals surface area contributed by atoms with Gasteiger partial charge >= 0.3 is 5.97 Å². The molecule has 0 atom stereocenters. The van der Waals surface area contributed by atoms with Crippen molar-refractivity contribution < 1.29 is 18.3 Å². The summed E-state index contributed by atoms with van der Waals surface area (Å²) in [7, 11) is -3.32. The fourth-order valence-electron chi connectivity index (χ4n) is 0.624. The second-order valence-electron chi connectivity index (χ2n) is 2.43. The maximum absolute atomic E-state index is 11.0. The Bertz CT molecular complexity index is 270. The number of carboxylic acid groups (broad SMARTS) is 1. The Morgan fingerprint density at radius 1 is 1.54 bits per heavy atom. The highest BCUT2D eigenvalue weighted by molar-refractivity contribution is 7.89. The first-order chi connectivity index (χ1) is 5.98. The number of rotatable bonds is 7. The molecule has 0 aromatic carbocycles. The monoisotopic (exact) mass is 207 g/mol. The largest absolute Gasteiger partial charge is 0.481 e. The maximum Gasteiger partial charge on any atom is 0.304 e. The molecule has 2 N–H and O–H groups in total.